The molecule has 2 aliphatic rings. The van der Waals surface area contributed by atoms with E-state index in [-0.39, 0.29) is 11.6 Å². The van der Waals surface area contributed by atoms with Crippen LogP contribution in [0.25, 0.3) is 17.0 Å². The first-order valence-electron chi connectivity index (χ1n) is 9.71. The van der Waals surface area contributed by atoms with Crippen LogP contribution in [-0.4, -0.2) is 57.0 Å². The average Bonchev–Trinajstić information content (AvgIpc) is 3.50. The number of methoxy groups -OCH3 is 1. The maximum atomic E-state index is 14.6. The Labute approximate surface area is 165 Å². The lowest BCUT2D eigenvalue weighted by atomic mass is 10.1. The molecule has 5 rings (SSSR count). The molecule has 29 heavy (non-hydrogen) atoms. The van der Waals surface area contributed by atoms with Gasteiger partial charge in [-0.05, 0) is 25.8 Å². The molecule has 2 fully saturated rings. The molecule has 2 N–H and O–H groups in total. The first-order chi connectivity index (χ1) is 14.1. The summed E-state index contributed by atoms with van der Waals surface area (Å²) in [5.41, 5.74) is 1.84. The van der Waals surface area contributed by atoms with Gasteiger partial charge in [0.15, 0.2) is 11.5 Å². The highest BCUT2D eigenvalue weighted by Gasteiger charge is 2.30. The second-order valence-electron chi connectivity index (χ2n) is 7.44. The molecule has 152 valence electrons. The molecule has 2 unspecified atom stereocenters. The Kier molecular flexibility index (Phi) is 4.50. The number of rotatable bonds is 5. The fraction of sp³-hybridized carbons (Fsp3) is 0.474. The third-order valence-corrected chi connectivity index (χ3v) is 5.37. The second-order valence-corrected chi connectivity index (χ2v) is 7.44. The Morgan fingerprint density at radius 3 is 2.86 bits per heavy atom. The molecular formula is C19H21F2N7O. The summed E-state index contributed by atoms with van der Waals surface area (Å²) in [4.78, 5) is 12.6. The standard InChI is InChI=1S/C19H21F2N7O/c1-29-15-6-16-23-9-14(28(16)27-17(15)10-2-3-10)18-12(21)7-24-19(26-18)25-13-8-22-5-4-11(13)20/h6-7,9-11,13,22H,2-5,8H2,1H3,(H,24,25,26). The summed E-state index contributed by atoms with van der Waals surface area (Å²) < 4.78 is 35.7. The Balaban J connectivity index is 1.53. The fourth-order valence-electron chi connectivity index (χ4n) is 3.63. The summed E-state index contributed by atoms with van der Waals surface area (Å²) in [5.74, 6) is 0.601. The molecular weight excluding hydrogens is 380 g/mol. The molecule has 1 aliphatic carbocycles. The summed E-state index contributed by atoms with van der Waals surface area (Å²) in [6.45, 7) is 1.09. The van der Waals surface area contributed by atoms with Crippen molar-refractivity contribution >= 4 is 11.6 Å². The number of ether oxygens (including phenoxy) is 1. The van der Waals surface area contributed by atoms with Crippen LogP contribution in [0.1, 0.15) is 30.9 Å². The van der Waals surface area contributed by atoms with E-state index in [1.165, 1.54) is 6.20 Å². The van der Waals surface area contributed by atoms with Gasteiger partial charge in [-0.2, -0.15) is 5.10 Å². The molecule has 3 aromatic heterocycles. The number of nitrogens with one attached hydrogen (secondary N) is 2. The van der Waals surface area contributed by atoms with Gasteiger partial charge < -0.3 is 15.4 Å². The third kappa shape index (κ3) is 3.37. The molecule has 0 radical (unpaired) electrons. The van der Waals surface area contributed by atoms with Gasteiger partial charge in [-0.1, -0.05) is 0 Å². The molecule has 1 aliphatic heterocycles. The van der Waals surface area contributed by atoms with Crippen LogP contribution in [-0.2, 0) is 0 Å². The van der Waals surface area contributed by atoms with Gasteiger partial charge in [0.2, 0.25) is 5.95 Å². The number of hydrogen-bond acceptors (Lipinski definition) is 7. The monoisotopic (exact) mass is 401 g/mol. The van der Waals surface area contributed by atoms with Crippen molar-refractivity contribution in [3.63, 3.8) is 0 Å². The smallest absolute Gasteiger partial charge is 0.223 e. The number of alkyl halides is 1. The normalized spacial score (nSPS) is 22.0. The van der Waals surface area contributed by atoms with Gasteiger partial charge in [0, 0.05) is 18.5 Å². The summed E-state index contributed by atoms with van der Waals surface area (Å²) in [7, 11) is 1.60. The quantitative estimate of drug-likeness (QED) is 0.678. The number of aromatic nitrogens is 5. The number of piperidine rings is 1. The minimum atomic E-state index is -1.01. The highest BCUT2D eigenvalue weighted by Crippen LogP contribution is 2.43. The first-order valence-corrected chi connectivity index (χ1v) is 9.71. The van der Waals surface area contributed by atoms with Crippen LogP contribution < -0.4 is 15.4 Å². The zero-order chi connectivity index (χ0) is 20.0. The summed E-state index contributed by atoms with van der Waals surface area (Å²) in [6, 6.07) is 1.33. The highest BCUT2D eigenvalue weighted by molar-refractivity contribution is 5.62. The maximum Gasteiger partial charge on any atom is 0.223 e. The van der Waals surface area contributed by atoms with Gasteiger partial charge in [-0.3, -0.25) is 0 Å². The first kappa shape index (κ1) is 18.2. The second kappa shape index (κ2) is 7.18. The van der Waals surface area contributed by atoms with Crippen LogP contribution in [0, 0.1) is 5.82 Å². The Morgan fingerprint density at radius 2 is 2.10 bits per heavy atom. The molecule has 8 nitrogen and oxygen atoms in total. The fourth-order valence-corrected chi connectivity index (χ4v) is 3.63. The van der Waals surface area contributed by atoms with Crippen molar-refractivity contribution in [1.82, 2.24) is 29.9 Å². The van der Waals surface area contributed by atoms with Gasteiger partial charge in [0.25, 0.3) is 0 Å². The lowest BCUT2D eigenvalue weighted by molar-refractivity contribution is 0.240. The zero-order valence-electron chi connectivity index (χ0n) is 15.9. The van der Waals surface area contributed by atoms with Crippen molar-refractivity contribution in [3.8, 4) is 17.1 Å². The molecule has 1 saturated carbocycles. The Bertz CT molecular complexity index is 1050. The SMILES string of the molecule is COc1cc2ncc(-c3nc(NC4CNCCC4F)ncc3F)n2nc1C1CC1. The molecule has 0 spiro atoms. The van der Waals surface area contributed by atoms with Gasteiger partial charge in [-0.25, -0.2) is 28.2 Å². The largest absolute Gasteiger partial charge is 0.495 e. The van der Waals surface area contributed by atoms with Crippen molar-refractivity contribution in [2.24, 2.45) is 0 Å². The molecule has 3 aromatic rings. The van der Waals surface area contributed by atoms with Gasteiger partial charge in [-0.15, -0.1) is 0 Å². The minimum Gasteiger partial charge on any atom is -0.495 e. The van der Waals surface area contributed by atoms with Crippen LogP contribution >= 0.6 is 0 Å². The summed E-state index contributed by atoms with van der Waals surface area (Å²) >= 11 is 0. The van der Waals surface area contributed by atoms with Crippen LogP contribution in [0.15, 0.2) is 18.5 Å². The molecule has 2 atom stereocenters. The van der Waals surface area contributed by atoms with E-state index < -0.39 is 18.0 Å². The van der Waals surface area contributed by atoms with E-state index in [4.69, 9.17) is 4.74 Å². The van der Waals surface area contributed by atoms with Crippen molar-refractivity contribution in [1.29, 1.82) is 0 Å². The minimum absolute atomic E-state index is 0.0635. The molecule has 4 heterocycles. The van der Waals surface area contributed by atoms with E-state index in [0.29, 0.717) is 42.5 Å². The highest BCUT2D eigenvalue weighted by atomic mass is 19.1. The number of nitrogens with zero attached hydrogens (tertiary/aromatic N) is 5. The van der Waals surface area contributed by atoms with Crippen molar-refractivity contribution in [2.45, 2.75) is 37.4 Å². The number of imidazole rings is 1. The summed E-state index contributed by atoms with van der Waals surface area (Å²) in [5, 5.41) is 10.8. The van der Waals surface area contributed by atoms with E-state index in [9.17, 15) is 8.78 Å². The van der Waals surface area contributed by atoms with Crippen LogP contribution in [0.5, 0.6) is 5.75 Å². The Morgan fingerprint density at radius 1 is 1.24 bits per heavy atom. The third-order valence-electron chi connectivity index (χ3n) is 5.37. The summed E-state index contributed by atoms with van der Waals surface area (Å²) in [6.07, 6.45) is 4.10. The number of fused-ring (bicyclic) bond motifs is 1. The van der Waals surface area contributed by atoms with E-state index >= 15 is 0 Å². The molecule has 0 aromatic carbocycles. The van der Waals surface area contributed by atoms with Crippen LogP contribution in [0.2, 0.25) is 0 Å². The van der Waals surface area contributed by atoms with E-state index in [2.05, 4.69) is 30.7 Å². The topological polar surface area (TPSA) is 89.3 Å². The van der Waals surface area contributed by atoms with E-state index in [1.54, 1.807) is 17.7 Å². The predicted octanol–water partition coefficient (Wildman–Crippen LogP) is 2.32. The van der Waals surface area contributed by atoms with Gasteiger partial charge >= 0.3 is 0 Å². The molecule has 10 heteroatoms. The lowest BCUT2D eigenvalue weighted by Gasteiger charge is -2.27. The number of halogens is 2. The lowest BCUT2D eigenvalue weighted by Crippen LogP contribution is -2.46. The number of anilines is 1. The Hall–Kier alpha value is -2.88. The van der Waals surface area contributed by atoms with E-state index in [0.717, 1.165) is 24.7 Å². The molecule has 0 bridgehead atoms. The maximum absolute atomic E-state index is 14.6. The zero-order valence-corrected chi connectivity index (χ0v) is 15.9. The van der Waals surface area contributed by atoms with E-state index in [1.807, 2.05) is 0 Å². The van der Waals surface area contributed by atoms with Crippen molar-refractivity contribution < 1.29 is 13.5 Å². The molecule has 0 amide bonds. The number of hydrogen-bond donors (Lipinski definition) is 2. The van der Waals surface area contributed by atoms with Crippen molar-refractivity contribution in [3.05, 3.63) is 30.0 Å². The van der Waals surface area contributed by atoms with Crippen LogP contribution in [0.3, 0.4) is 0 Å². The van der Waals surface area contributed by atoms with Gasteiger partial charge in [0.1, 0.15) is 29.0 Å². The van der Waals surface area contributed by atoms with Crippen molar-refractivity contribution in [2.75, 3.05) is 25.5 Å². The predicted molar refractivity (Wildman–Crippen MR) is 102 cm³/mol. The molecule has 1 saturated heterocycles. The average molecular weight is 401 g/mol. The van der Waals surface area contributed by atoms with Crippen LogP contribution in [0.4, 0.5) is 14.7 Å². The van der Waals surface area contributed by atoms with Gasteiger partial charge in [0.05, 0.1) is 25.5 Å².